The summed E-state index contributed by atoms with van der Waals surface area (Å²) in [6.45, 7) is 4.03. The summed E-state index contributed by atoms with van der Waals surface area (Å²) in [5, 5.41) is 9.57. The molecule has 0 radical (unpaired) electrons. The number of ether oxygens (including phenoxy) is 1. The predicted molar refractivity (Wildman–Crippen MR) is 55.3 cm³/mol. The molecule has 0 aromatic heterocycles. The molecule has 15 heavy (non-hydrogen) atoms. The van der Waals surface area contributed by atoms with E-state index in [1.54, 1.807) is 0 Å². The molecular formula is C11H19NO3. The van der Waals surface area contributed by atoms with Crippen LogP contribution in [0.2, 0.25) is 0 Å². The lowest BCUT2D eigenvalue weighted by Gasteiger charge is -2.35. The van der Waals surface area contributed by atoms with Crippen LogP contribution in [0.3, 0.4) is 0 Å². The van der Waals surface area contributed by atoms with E-state index >= 15 is 0 Å². The van der Waals surface area contributed by atoms with E-state index in [1.165, 1.54) is 0 Å². The Morgan fingerprint density at radius 2 is 2.27 bits per heavy atom. The second-order valence-electron chi connectivity index (χ2n) is 4.62. The van der Waals surface area contributed by atoms with Crippen molar-refractivity contribution in [1.29, 1.82) is 0 Å². The highest BCUT2D eigenvalue weighted by Gasteiger charge is 2.32. The molecular weight excluding hydrogens is 194 g/mol. The smallest absolute Gasteiger partial charge is 0.251 e. The Bertz CT molecular complexity index is 238. The largest absolute Gasteiger partial charge is 0.393 e. The molecule has 2 rings (SSSR count). The Morgan fingerprint density at radius 3 is 2.87 bits per heavy atom. The molecule has 2 aliphatic heterocycles. The first kappa shape index (κ1) is 10.9. The second kappa shape index (κ2) is 4.49. The van der Waals surface area contributed by atoms with E-state index < -0.39 is 0 Å². The first-order valence-corrected chi connectivity index (χ1v) is 5.77. The molecule has 4 heteroatoms. The first-order valence-electron chi connectivity index (χ1n) is 5.77. The molecule has 2 unspecified atom stereocenters. The highest BCUT2D eigenvalue weighted by atomic mass is 16.5. The van der Waals surface area contributed by atoms with Gasteiger partial charge in [-0.05, 0) is 25.2 Å². The SMILES string of the molecule is CC1CN(C(=O)[C@H]2CCCO2)CCC1O. The minimum absolute atomic E-state index is 0.117. The maximum atomic E-state index is 12.0. The predicted octanol–water partition coefficient (Wildman–Crippen LogP) is 0.395. The molecule has 1 N–H and O–H groups in total. The molecule has 0 aromatic rings. The molecule has 2 fully saturated rings. The van der Waals surface area contributed by atoms with Gasteiger partial charge in [-0.2, -0.15) is 0 Å². The van der Waals surface area contributed by atoms with Crippen LogP contribution >= 0.6 is 0 Å². The van der Waals surface area contributed by atoms with E-state index in [0.29, 0.717) is 26.1 Å². The zero-order valence-corrected chi connectivity index (χ0v) is 9.19. The van der Waals surface area contributed by atoms with Crippen LogP contribution in [0.5, 0.6) is 0 Å². The number of piperidine rings is 1. The molecule has 86 valence electrons. The summed E-state index contributed by atoms with van der Waals surface area (Å²) in [6, 6.07) is 0. The fourth-order valence-electron chi connectivity index (χ4n) is 2.31. The van der Waals surface area contributed by atoms with Crippen LogP contribution < -0.4 is 0 Å². The highest BCUT2D eigenvalue weighted by Crippen LogP contribution is 2.20. The van der Waals surface area contributed by atoms with Gasteiger partial charge in [-0.3, -0.25) is 4.79 Å². The molecule has 0 saturated carbocycles. The van der Waals surface area contributed by atoms with Crippen molar-refractivity contribution in [3.05, 3.63) is 0 Å². The zero-order chi connectivity index (χ0) is 10.8. The van der Waals surface area contributed by atoms with Crippen molar-refractivity contribution in [2.45, 2.75) is 38.4 Å². The Hall–Kier alpha value is -0.610. The Kier molecular flexibility index (Phi) is 3.26. The summed E-state index contributed by atoms with van der Waals surface area (Å²) in [4.78, 5) is 13.8. The lowest BCUT2D eigenvalue weighted by atomic mass is 9.96. The molecule has 1 amide bonds. The van der Waals surface area contributed by atoms with E-state index in [4.69, 9.17) is 4.74 Å². The fraction of sp³-hybridized carbons (Fsp3) is 0.909. The third kappa shape index (κ3) is 2.32. The van der Waals surface area contributed by atoms with Crippen LogP contribution in [-0.4, -0.2) is 47.8 Å². The standard InChI is InChI=1S/C11H19NO3/c1-8-7-12(5-4-9(8)13)11(14)10-3-2-6-15-10/h8-10,13H,2-7H2,1H3/t8?,9?,10-/m1/s1. The van der Waals surface area contributed by atoms with Gasteiger partial charge in [-0.25, -0.2) is 0 Å². The maximum absolute atomic E-state index is 12.0. The average molecular weight is 213 g/mol. The molecule has 2 aliphatic rings. The number of amides is 1. The van der Waals surface area contributed by atoms with Gasteiger partial charge in [-0.1, -0.05) is 6.92 Å². The van der Waals surface area contributed by atoms with Gasteiger partial charge in [0, 0.05) is 19.7 Å². The first-order chi connectivity index (χ1) is 7.18. The van der Waals surface area contributed by atoms with E-state index in [-0.39, 0.29) is 24.0 Å². The Labute approximate surface area is 90.2 Å². The number of likely N-dealkylation sites (tertiary alicyclic amines) is 1. The fourth-order valence-corrected chi connectivity index (χ4v) is 2.31. The maximum Gasteiger partial charge on any atom is 0.251 e. The minimum atomic E-state index is -0.251. The number of nitrogens with zero attached hydrogens (tertiary/aromatic N) is 1. The molecule has 0 aliphatic carbocycles. The van der Waals surface area contributed by atoms with Gasteiger partial charge in [0.25, 0.3) is 5.91 Å². The van der Waals surface area contributed by atoms with Gasteiger partial charge in [0.05, 0.1) is 6.10 Å². The number of carbonyl (C=O) groups excluding carboxylic acids is 1. The molecule has 0 bridgehead atoms. The summed E-state index contributed by atoms with van der Waals surface area (Å²) >= 11 is 0. The lowest BCUT2D eigenvalue weighted by Crippen LogP contribution is -2.48. The van der Waals surface area contributed by atoms with E-state index in [0.717, 1.165) is 12.8 Å². The zero-order valence-electron chi connectivity index (χ0n) is 9.19. The number of aliphatic hydroxyl groups excluding tert-OH is 1. The lowest BCUT2D eigenvalue weighted by molar-refractivity contribution is -0.144. The second-order valence-corrected chi connectivity index (χ2v) is 4.62. The van der Waals surface area contributed by atoms with Crippen LogP contribution in [0.15, 0.2) is 0 Å². The van der Waals surface area contributed by atoms with Crippen LogP contribution in [0.25, 0.3) is 0 Å². The van der Waals surface area contributed by atoms with Crippen molar-refractivity contribution in [2.75, 3.05) is 19.7 Å². The number of hydrogen-bond acceptors (Lipinski definition) is 3. The van der Waals surface area contributed by atoms with Crippen molar-refractivity contribution in [1.82, 2.24) is 4.90 Å². The Balaban J connectivity index is 1.90. The quantitative estimate of drug-likeness (QED) is 0.685. The van der Waals surface area contributed by atoms with Gasteiger partial charge in [0.15, 0.2) is 0 Å². The van der Waals surface area contributed by atoms with Gasteiger partial charge >= 0.3 is 0 Å². The van der Waals surface area contributed by atoms with Gasteiger partial charge in [0.2, 0.25) is 0 Å². The van der Waals surface area contributed by atoms with Crippen LogP contribution in [0.4, 0.5) is 0 Å². The molecule has 2 heterocycles. The molecule has 0 spiro atoms. The van der Waals surface area contributed by atoms with Crippen molar-refractivity contribution < 1.29 is 14.6 Å². The van der Waals surface area contributed by atoms with Gasteiger partial charge < -0.3 is 14.7 Å². The van der Waals surface area contributed by atoms with Crippen molar-refractivity contribution in [3.8, 4) is 0 Å². The number of rotatable bonds is 1. The van der Waals surface area contributed by atoms with Crippen molar-refractivity contribution >= 4 is 5.91 Å². The summed E-state index contributed by atoms with van der Waals surface area (Å²) in [5.74, 6) is 0.301. The van der Waals surface area contributed by atoms with Crippen molar-refractivity contribution in [2.24, 2.45) is 5.92 Å². The number of aliphatic hydroxyl groups is 1. The summed E-state index contributed by atoms with van der Waals surface area (Å²) < 4.78 is 5.38. The van der Waals surface area contributed by atoms with Gasteiger partial charge in [-0.15, -0.1) is 0 Å². The van der Waals surface area contributed by atoms with E-state index in [2.05, 4.69) is 0 Å². The monoisotopic (exact) mass is 213 g/mol. The number of carbonyl (C=O) groups is 1. The van der Waals surface area contributed by atoms with Crippen LogP contribution in [0.1, 0.15) is 26.2 Å². The minimum Gasteiger partial charge on any atom is -0.393 e. The number of hydrogen-bond donors (Lipinski definition) is 1. The van der Waals surface area contributed by atoms with Gasteiger partial charge in [0.1, 0.15) is 6.10 Å². The van der Waals surface area contributed by atoms with Crippen molar-refractivity contribution in [3.63, 3.8) is 0 Å². The summed E-state index contributed by atoms with van der Waals surface area (Å²) in [7, 11) is 0. The molecule has 4 nitrogen and oxygen atoms in total. The van der Waals surface area contributed by atoms with E-state index in [9.17, 15) is 9.90 Å². The molecule has 0 aromatic carbocycles. The summed E-state index contributed by atoms with van der Waals surface area (Å²) in [5.41, 5.74) is 0. The Morgan fingerprint density at radius 1 is 1.47 bits per heavy atom. The highest BCUT2D eigenvalue weighted by molar-refractivity contribution is 5.81. The molecule has 2 saturated heterocycles. The third-order valence-electron chi connectivity index (χ3n) is 3.38. The van der Waals surface area contributed by atoms with Crippen LogP contribution in [-0.2, 0) is 9.53 Å². The van der Waals surface area contributed by atoms with Crippen LogP contribution in [0, 0.1) is 5.92 Å². The summed E-state index contributed by atoms with van der Waals surface area (Å²) in [6.07, 6.45) is 2.07. The topological polar surface area (TPSA) is 49.8 Å². The van der Waals surface area contributed by atoms with E-state index in [1.807, 2.05) is 11.8 Å². The normalized spacial score (nSPS) is 36.9. The molecule has 3 atom stereocenters. The third-order valence-corrected chi connectivity index (χ3v) is 3.38. The average Bonchev–Trinajstić information content (AvgIpc) is 2.74.